The van der Waals surface area contributed by atoms with Crippen LogP contribution in [0.25, 0.3) is 210 Å². The molecule has 0 saturated carbocycles. The van der Waals surface area contributed by atoms with Crippen molar-refractivity contribution in [3.8, 4) is 170 Å². The van der Waals surface area contributed by atoms with E-state index in [9.17, 15) is 0 Å². The maximum atomic E-state index is 6.28. The minimum absolute atomic E-state index is 0.652. The molecule has 0 amide bonds. The van der Waals surface area contributed by atoms with Crippen molar-refractivity contribution in [2.24, 2.45) is 0 Å². The van der Waals surface area contributed by atoms with E-state index in [0.29, 0.717) is 63.5 Å². The van der Waals surface area contributed by atoms with Crippen LogP contribution in [0, 0.1) is 0 Å². The highest BCUT2D eigenvalue weighted by Crippen LogP contribution is 2.52. The predicted octanol–water partition coefficient (Wildman–Crippen LogP) is 34.5. The number of ether oxygens (including phenoxy) is 5. The number of hydrogen-bond donors (Lipinski definition) is 0. The van der Waals surface area contributed by atoms with Crippen LogP contribution >= 0.6 is 11.8 Å². The number of hydrogen-bond acceptors (Lipinski definition) is 12. The molecule has 3 aliphatic heterocycles. The van der Waals surface area contributed by atoms with E-state index in [1.807, 2.05) is 158 Å². The van der Waals surface area contributed by atoms with Crippen molar-refractivity contribution in [1.29, 1.82) is 0 Å². The lowest BCUT2D eigenvalue weighted by atomic mass is 9.93. The second-order valence-corrected chi connectivity index (χ2v) is 35.6. The van der Waals surface area contributed by atoms with Gasteiger partial charge in [0.15, 0.2) is 63.5 Å². The van der Waals surface area contributed by atoms with Crippen LogP contribution in [0.1, 0.15) is 0 Å². The molecule has 0 N–H and O–H groups in total. The van der Waals surface area contributed by atoms with Crippen LogP contribution in [0.5, 0.6) is 57.5 Å². The predicted molar refractivity (Wildman–Crippen MR) is 562 cm³/mol. The van der Waals surface area contributed by atoms with E-state index >= 15 is 0 Å². The quantitative estimate of drug-likeness (QED) is 0.121. The first-order valence-corrected chi connectivity index (χ1v) is 46.9. The zero-order chi connectivity index (χ0) is 91.1. The molecule has 0 fully saturated rings. The highest BCUT2D eigenvalue weighted by molar-refractivity contribution is 7.99. The number of fused-ring (bicyclic) bond motifs is 24. The Labute approximate surface area is 797 Å². The zero-order valence-electron chi connectivity index (χ0n) is 74.0. The maximum absolute atomic E-state index is 6.28. The van der Waals surface area contributed by atoms with Crippen LogP contribution in [0.2, 0.25) is 0 Å². The Kier molecular flexibility index (Phi) is 19.9. The van der Waals surface area contributed by atoms with E-state index < -0.39 is 0 Å². The molecule has 0 saturated heterocycles. The highest BCUT2D eigenvalue weighted by atomic mass is 32.2. The Morgan fingerprint density at radius 3 is 0.681 bits per heavy atom. The SMILES string of the molecule is c1ccc(-c2cc(-c3ccc4c(c3)Oc3ccccc3O4)nc(-c3ccc4c5ccccc5c5ccccc5c4c3)n2)cc1.c1ccc(-c2cc(-c3ccc4c(c3)Sc3ccccc3O4)nc(-c3ccc4c5ccccc5c5ccccc5c4c3)n2)cc1.c1ccc(-c2ccc(-c3cc(-c4ccc5c(c4)Oc4ccccc4O5)nc(-c4ccc5c6ccccc6c6ccccc6c5c4)n3)cc2)cc1. The summed E-state index contributed by atoms with van der Waals surface area (Å²) >= 11 is 1.73. The molecular weight excluding hydrogens is 1710 g/mol. The lowest BCUT2D eigenvalue weighted by Gasteiger charge is -2.21. The molecule has 3 aliphatic rings. The fraction of sp³-hybridized carbons (Fsp3) is 0. The molecule has 0 aliphatic carbocycles. The van der Waals surface area contributed by atoms with Gasteiger partial charge in [0, 0.05) is 50.1 Å². The van der Waals surface area contributed by atoms with E-state index in [0.717, 1.165) is 111 Å². The van der Waals surface area contributed by atoms with E-state index in [4.69, 9.17) is 53.6 Å². The van der Waals surface area contributed by atoms with Crippen molar-refractivity contribution in [2.75, 3.05) is 0 Å². The molecule has 646 valence electrons. The van der Waals surface area contributed by atoms with Crippen LogP contribution < -0.4 is 23.7 Å². The Bertz CT molecular complexity index is 8800. The van der Waals surface area contributed by atoms with Gasteiger partial charge >= 0.3 is 0 Å². The smallest absolute Gasteiger partial charge is 0.170 e. The fourth-order valence-electron chi connectivity index (χ4n) is 19.5. The summed E-state index contributed by atoms with van der Waals surface area (Å²) in [6, 6.07) is 159. The van der Waals surface area contributed by atoms with Gasteiger partial charge in [0.2, 0.25) is 0 Å². The summed E-state index contributed by atoms with van der Waals surface area (Å²) in [5.74, 6) is 9.24. The average molecular weight is 1790 g/mol. The first kappa shape index (κ1) is 80.6. The number of rotatable bonds is 10. The molecular formula is C126H76N6O5S. The normalized spacial score (nSPS) is 12.0. The molecule has 11 nitrogen and oxygen atoms in total. The van der Waals surface area contributed by atoms with Gasteiger partial charge < -0.3 is 23.7 Å². The summed E-state index contributed by atoms with van der Waals surface area (Å²) in [4.78, 5) is 33.1. The van der Waals surface area contributed by atoms with E-state index in [-0.39, 0.29) is 0 Å². The molecule has 3 aromatic heterocycles. The van der Waals surface area contributed by atoms with E-state index in [2.05, 4.69) is 303 Å². The van der Waals surface area contributed by atoms with Gasteiger partial charge in [0.05, 0.1) is 44.0 Å². The first-order chi connectivity index (χ1) is 68.3. The van der Waals surface area contributed by atoms with Gasteiger partial charge in [-0.2, -0.15) is 0 Å². The molecule has 0 spiro atoms. The molecule has 25 aromatic rings. The fourth-order valence-corrected chi connectivity index (χ4v) is 20.5. The van der Waals surface area contributed by atoms with Crippen molar-refractivity contribution in [3.63, 3.8) is 0 Å². The second-order valence-electron chi connectivity index (χ2n) is 34.6. The summed E-state index contributed by atoms with van der Waals surface area (Å²) < 4.78 is 31.0. The number of nitrogens with zero attached hydrogens (tertiary/aromatic N) is 6. The van der Waals surface area contributed by atoms with Crippen LogP contribution in [0.15, 0.2) is 471 Å². The molecule has 12 heteroatoms. The van der Waals surface area contributed by atoms with Crippen LogP contribution in [0.4, 0.5) is 0 Å². The van der Waals surface area contributed by atoms with E-state index in [1.165, 1.54) is 103 Å². The molecule has 0 bridgehead atoms. The van der Waals surface area contributed by atoms with Crippen LogP contribution in [-0.2, 0) is 0 Å². The van der Waals surface area contributed by atoms with Gasteiger partial charge in [-0.25, -0.2) is 29.9 Å². The minimum atomic E-state index is 0.652. The lowest BCUT2D eigenvalue weighted by molar-refractivity contribution is 0.360. The lowest BCUT2D eigenvalue weighted by Crippen LogP contribution is -2.00. The monoisotopic (exact) mass is 1780 g/mol. The maximum Gasteiger partial charge on any atom is 0.170 e. The van der Waals surface area contributed by atoms with Gasteiger partial charge in [-0.15, -0.1) is 0 Å². The molecule has 22 aromatic carbocycles. The summed E-state index contributed by atoms with van der Waals surface area (Å²) in [5.41, 5.74) is 16.3. The van der Waals surface area contributed by atoms with Gasteiger partial charge in [-0.05, 0) is 235 Å². The average Bonchev–Trinajstić information content (AvgIpc) is 1.48. The van der Waals surface area contributed by atoms with Crippen molar-refractivity contribution in [2.45, 2.75) is 9.79 Å². The largest absolute Gasteiger partial charge is 0.455 e. The Hall–Kier alpha value is -18.2. The van der Waals surface area contributed by atoms with E-state index in [1.54, 1.807) is 11.8 Å². The number of para-hydroxylation sites is 5. The van der Waals surface area contributed by atoms with Crippen molar-refractivity contribution >= 4 is 109 Å². The third-order valence-corrected chi connectivity index (χ3v) is 27.3. The standard InChI is InChI=1S/C46H28N2O2.C40H24N2O2.C40H24N2OS/c1-2-10-29(11-3-1)30-18-20-31(21-19-30)40-28-41(32-23-25-44-45(27-32)50-43-17-9-8-16-42(43)49-44)48-46(47-40)33-22-24-38-36-14-5-4-12-34(36)35-13-6-7-15-37(35)39(38)26-33;1-2-10-25(11-3-1)34-24-35(26-19-21-38-39(23-26)44-37-17-9-8-16-36(37)43-38)42-40(41-34)27-18-20-32-30-14-5-4-12-28(30)29-13-6-7-15-31(29)33(32)22-27;1-2-10-25(11-3-1)34-24-35(26-19-21-37-39(23-26)44-38-17-9-8-16-36(38)43-37)42-40(41-34)27-18-20-32-30-14-5-4-12-28(30)29-13-6-7-15-31(29)33(32)22-27/h1-28H;2*1-24H. The third kappa shape index (κ3) is 14.9. The number of aromatic nitrogens is 6. The number of benzene rings is 22. The summed E-state index contributed by atoms with van der Waals surface area (Å²) in [7, 11) is 0. The topological polar surface area (TPSA) is 123 Å². The van der Waals surface area contributed by atoms with Gasteiger partial charge in [0.25, 0.3) is 0 Å². The molecule has 0 atom stereocenters. The third-order valence-electron chi connectivity index (χ3n) is 26.2. The van der Waals surface area contributed by atoms with Crippen LogP contribution in [-0.4, -0.2) is 29.9 Å². The first-order valence-electron chi connectivity index (χ1n) is 46.0. The summed E-state index contributed by atoms with van der Waals surface area (Å²) in [6.07, 6.45) is 0. The van der Waals surface area contributed by atoms with Gasteiger partial charge in [0.1, 0.15) is 11.5 Å². The second kappa shape index (κ2) is 34.1. The summed E-state index contributed by atoms with van der Waals surface area (Å²) in [6.45, 7) is 0. The Morgan fingerprint density at radius 1 is 0.123 bits per heavy atom. The Balaban J connectivity index is 0.000000107. The van der Waals surface area contributed by atoms with Crippen molar-refractivity contribution in [1.82, 2.24) is 29.9 Å². The molecule has 28 rings (SSSR count). The van der Waals surface area contributed by atoms with Crippen molar-refractivity contribution in [3.05, 3.63) is 461 Å². The highest BCUT2D eigenvalue weighted by Gasteiger charge is 2.27. The minimum Gasteiger partial charge on any atom is -0.455 e. The molecule has 0 radical (unpaired) electrons. The summed E-state index contributed by atoms with van der Waals surface area (Å²) in [5, 5.41) is 22.1. The van der Waals surface area contributed by atoms with Crippen molar-refractivity contribution < 1.29 is 23.7 Å². The molecule has 138 heavy (non-hydrogen) atoms. The molecule has 6 heterocycles. The Morgan fingerprint density at radius 2 is 0.333 bits per heavy atom. The van der Waals surface area contributed by atoms with Gasteiger partial charge in [-0.1, -0.05) is 345 Å². The molecule has 0 unspecified atom stereocenters. The van der Waals surface area contributed by atoms with Gasteiger partial charge in [-0.3, -0.25) is 0 Å². The van der Waals surface area contributed by atoms with Crippen LogP contribution in [0.3, 0.4) is 0 Å². The zero-order valence-corrected chi connectivity index (χ0v) is 74.8.